The van der Waals surface area contributed by atoms with Gasteiger partial charge in [-0.25, -0.2) is 0 Å². The van der Waals surface area contributed by atoms with Crippen LogP contribution in [0.5, 0.6) is 5.75 Å². The summed E-state index contributed by atoms with van der Waals surface area (Å²) in [5, 5.41) is 35.0. The van der Waals surface area contributed by atoms with Gasteiger partial charge in [-0.2, -0.15) is 0 Å². The van der Waals surface area contributed by atoms with Crippen molar-refractivity contribution in [2.24, 2.45) is 0 Å². The van der Waals surface area contributed by atoms with Crippen LogP contribution in [0.1, 0.15) is 20.7 Å². The number of aromatic nitrogens is 2. The number of hydrogen-bond acceptors (Lipinski definition) is 8. The first kappa shape index (κ1) is 24.1. The first-order valence-electron chi connectivity index (χ1n) is 9.71. The minimum Gasteiger partial charge on any atom is -0.506 e. The van der Waals surface area contributed by atoms with Gasteiger partial charge < -0.3 is 10.4 Å². The standard InChI is InChI=1S/C22H13Cl2N5O5S/c23-13-9-14(18(30)15(24)10-13)21-27-28-22(35-21)26-20(32)12-7-5-11(6-8-12)19(31)25-16-3-1-2-4-17(16)29(33)34/h1-10,30H,(H,25,31)(H,26,28,32). The van der Waals surface area contributed by atoms with Crippen molar-refractivity contribution in [3.8, 4) is 16.3 Å². The monoisotopic (exact) mass is 529 g/mol. The molecule has 1 heterocycles. The molecule has 0 aliphatic heterocycles. The Morgan fingerprint density at radius 3 is 2.23 bits per heavy atom. The highest BCUT2D eigenvalue weighted by molar-refractivity contribution is 7.18. The summed E-state index contributed by atoms with van der Waals surface area (Å²) in [6.45, 7) is 0. The molecule has 13 heteroatoms. The lowest BCUT2D eigenvalue weighted by Crippen LogP contribution is -2.15. The van der Waals surface area contributed by atoms with Crippen molar-refractivity contribution < 1.29 is 19.6 Å². The van der Waals surface area contributed by atoms with Crippen LogP contribution in [-0.4, -0.2) is 32.0 Å². The molecular weight excluding hydrogens is 517 g/mol. The number of hydrogen-bond donors (Lipinski definition) is 3. The van der Waals surface area contributed by atoms with Crippen molar-refractivity contribution in [2.45, 2.75) is 0 Å². The maximum atomic E-state index is 12.6. The average Bonchev–Trinajstić information content (AvgIpc) is 3.29. The van der Waals surface area contributed by atoms with Crippen LogP contribution in [0, 0.1) is 10.1 Å². The molecule has 0 aliphatic carbocycles. The molecule has 4 aromatic rings. The Morgan fingerprint density at radius 1 is 0.943 bits per heavy atom. The lowest BCUT2D eigenvalue weighted by Gasteiger charge is -2.07. The fourth-order valence-corrected chi connectivity index (χ4v) is 4.24. The fourth-order valence-electron chi connectivity index (χ4n) is 2.99. The predicted molar refractivity (Wildman–Crippen MR) is 132 cm³/mol. The summed E-state index contributed by atoms with van der Waals surface area (Å²) < 4.78 is 0. The van der Waals surface area contributed by atoms with E-state index in [-0.39, 0.29) is 44.0 Å². The Morgan fingerprint density at radius 2 is 1.57 bits per heavy atom. The summed E-state index contributed by atoms with van der Waals surface area (Å²) in [5.41, 5.74) is 0.531. The zero-order chi connectivity index (χ0) is 25.1. The van der Waals surface area contributed by atoms with Crippen LogP contribution >= 0.6 is 34.5 Å². The molecule has 0 saturated carbocycles. The number of nitrogens with one attached hydrogen (secondary N) is 2. The van der Waals surface area contributed by atoms with Gasteiger partial charge >= 0.3 is 0 Å². The molecule has 0 radical (unpaired) electrons. The van der Waals surface area contributed by atoms with Gasteiger partial charge in [-0.15, -0.1) is 10.2 Å². The third kappa shape index (κ3) is 5.38. The maximum Gasteiger partial charge on any atom is 0.292 e. The minimum absolute atomic E-state index is 0.0549. The number of nitro groups is 1. The number of nitro benzene ring substituents is 1. The Bertz CT molecular complexity index is 1460. The van der Waals surface area contributed by atoms with E-state index >= 15 is 0 Å². The summed E-state index contributed by atoms with van der Waals surface area (Å²) in [5.74, 6) is -1.29. The highest BCUT2D eigenvalue weighted by Crippen LogP contribution is 2.39. The van der Waals surface area contributed by atoms with Crippen LogP contribution in [-0.2, 0) is 0 Å². The van der Waals surface area contributed by atoms with Crippen molar-refractivity contribution in [3.05, 3.63) is 92.0 Å². The molecule has 0 saturated heterocycles. The summed E-state index contributed by atoms with van der Waals surface area (Å²) in [6.07, 6.45) is 0. The first-order valence-corrected chi connectivity index (χ1v) is 11.3. The van der Waals surface area contributed by atoms with E-state index in [2.05, 4.69) is 20.8 Å². The van der Waals surface area contributed by atoms with Gasteiger partial charge in [0.1, 0.15) is 11.4 Å². The van der Waals surface area contributed by atoms with Gasteiger partial charge in [-0.05, 0) is 42.5 Å². The normalized spacial score (nSPS) is 10.6. The lowest BCUT2D eigenvalue weighted by atomic mass is 10.1. The topological polar surface area (TPSA) is 147 Å². The van der Waals surface area contributed by atoms with Gasteiger partial charge in [0.15, 0.2) is 5.01 Å². The summed E-state index contributed by atoms with van der Waals surface area (Å²) in [4.78, 5) is 35.6. The SMILES string of the molecule is O=C(Nc1nnc(-c2cc(Cl)cc(Cl)c2O)s1)c1ccc(C(=O)Nc2ccccc2[N+](=O)[O-])cc1. The van der Waals surface area contributed by atoms with Crippen molar-refractivity contribution in [2.75, 3.05) is 10.6 Å². The molecule has 176 valence electrons. The van der Waals surface area contributed by atoms with E-state index < -0.39 is 16.7 Å². The second-order valence-corrected chi connectivity index (χ2v) is 8.78. The number of phenols is 1. The molecule has 0 spiro atoms. The van der Waals surface area contributed by atoms with Gasteiger partial charge in [0.05, 0.1) is 15.5 Å². The van der Waals surface area contributed by atoms with Crippen LogP contribution < -0.4 is 10.6 Å². The van der Waals surface area contributed by atoms with E-state index in [9.17, 15) is 24.8 Å². The summed E-state index contributed by atoms with van der Waals surface area (Å²) in [6, 6.07) is 14.3. The van der Waals surface area contributed by atoms with Crippen molar-refractivity contribution in [1.82, 2.24) is 10.2 Å². The highest BCUT2D eigenvalue weighted by Gasteiger charge is 2.18. The molecule has 4 rings (SSSR count). The maximum absolute atomic E-state index is 12.6. The third-order valence-corrected chi connectivity index (χ3v) is 6.04. The Kier molecular flexibility index (Phi) is 6.92. The van der Waals surface area contributed by atoms with Gasteiger partial charge in [-0.3, -0.25) is 25.0 Å². The second-order valence-electron chi connectivity index (χ2n) is 6.96. The molecule has 3 aromatic carbocycles. The van der Waals surface area contributed by atoms with Crippen LogP contribution in [0.25, 0.3) is 10.6 Å². The molecule has 35 heavy (non-hydrogen) atoms. The van der Waals surface area contributed by atoms with Gasteiger partial charge in [0.25, 0.3) is 17.5 Å². The summed E-state index contributed by atoms with van der Waals surface area (Å²) >= 11 is 12.9. The number of anilines is 2. The molecular formula is C22H13Cl2N5O5S. The van der Waals surface area contributed by atoms with Gasteiger partial charge in [-0.1, -0.05) is 46.7 Å². The number of phenolic OH excluding ortho intramolecular Hbond substituents is 1. The Hall–Kier alpha value is -4.06. The fraction of sp³-hybridized carbons (Fsp3) is 0. The number of aromatic hydroxyl groups is 1. The number of benzene rings is 3. The van der Waals surface area contributed by atoms with Crippen LogP contribution in [0.15, 0.2) is 60.7 Å². The minimum atomic E-state index is -0.593. The number of para-hydroxylation sites is 2. The molecule has 0 atom stereocenters. The molecule has 1 aromatic heterocycles. The number of carbonyl (C=O) groups is 2. The van der Waals surface area contributed by atoms with E-state index in [1.807, 2.05) is 0 Å². The number of rotatable bonds is 6. The smallest absolute Gasteiger partial charge is 0.292 e. The van der Waals surface area contributed by atoms with Crippen molar-refractivity contribution in [1.29, 1.82) is 0 Å². The molecule has 0 bridgehead atoms. The zero-order valence-electron chi connectivity index (χ0n) is 17.4. The highest BCUT2D eigenvalue weighted by atomic mass is 35.5. The molecule has 0 aliphatic rings. The number of amides is 2. The van der Waals surface area contributed by atoms with Gasteiger partial charge in [0, 0.05) is 22.2 Å². The van der Waals surface area contributed by atoms with Crippen LogP contribution in [0.2, 0.25) is 10.0 Å². The molecule has 0 unspecified atom stereocenters. The van der Waals surface area contributed by atoms with E-state index in [0.717, 1.165) is 11.3 Å². The number of nitrogens with zero attached hydrogens (tertiary/aromatic N) is 3. The molecule has 3 N–H and O–H groups in total. The molecule has 10 nitrogen and oxygen atoms in total. The third-order valence-electron chi connectivity index (χ3n) is 4.66. The number of halogens is 2. The van der Waals surface area contributed by atoms with E-state index in [0.29, 0.717) is 10.0 Å². The number of carbonyl (C=O) groups excluding carboxylic acids is 2. The Balaban J connectivity index is 1.45. The van der Waals surface area contributed by atoms with E-state index in [1.165, 1.54) is 54.6 Å². The van der Waals surface area contributed by atoms with Crippen molar-refractivity contribution >= 4 is 62.9 Å². The predicted octanol–water partition coefficient (Wildman–Crippen LogP) is 5.63. The average molecular weight is 530 g/mol. The van der Waals surface area contributed by atoms with E-state index in [1.54, 1.807) is 6.07 Å². The largest absolute Gasteiger partial charge is 0.506 e. The first-order chi connectivity index (χ1) is 16.7. The molecule has 2 amide bonds. The van der Waals surface area contributed by atoms with E-state index in [4.69, 9.17) is 23.2 Å². The Labute approximate surface area is 211 Å². The molecule has 0 fully saturated rings. The van der Waals surface area contributed by atoms with Crippen LogP contribution in [0.4, 0.5) is 16.5 Å². The summed E-state index contributed by atoms with van der Waals surface area (Å²) in [7, 11) is 0. The van der Waals surface area contributed by atoms with Crippen LogP contribution in [0.3, 0.4) is 0 Å². The second kappa shape index (κ2) is 10.1. The van der Waals surface area contributed by atoms with Crippen molar-refractivity contribution in [3.63, 3.8) is 0 Å². The van der Waals surface area contributed by atoms with Gasteiger partial charge in [0.2, 0.25) is 5.13 Å². The lowest BCUT2D eigenvalue weighted by molar-refractivity contribution is -0.383. The zero-order valence-corrected chi connectivity index (χ0v) is 19.7. The quantitative estimate of drug-likeness (QED) is 0.216.